The van der Waals surface area contributed by atoms with Crippen molar-refractivity contribution in [3.05, 3.63) is 64.7 Å². The van der Waals surface area contributed by atoms with Gasteiger partial charge in [-0.3, -0.25) is 4.79 Å². The van der Waals surface area contributed by atoms with Crippen molar-refractivity contribution in [2.24, 2.45) is 5.73 Å². The van der Waals surface area contributed by atoms with Gasteiger partial charge in [0, 0.05) is 24.1 Å². The molecule has 0 aliphatic heterocycles. The first-order valence-corrected chi connectivity index (χ1v) is 6.83. The van der Waals surface area contributed by atoms with Crippen LogP contribution >= 0.6 is 0 Å². The Balaban J connectivity index is 1.74. The molecule has 0 saturated heterocycles. The second-order valence-electron chi connectivity index (χ2n) is 5.01. The van der Waals surface area contributed by atoms with E-state index in [-0.39, 0.29) is 5.78 Å². The summed E-state index contributed by atoms with van der Waals surface area (Å²) in [7, 11) is 0. The van der Waals surface area contributed by atoms with E-state index in [2.05, 4.69) is 0 Å². The summed E-state index contributed by atoms with van der Waals surface area (Å²) >= 11 is 0. The largest absolute Gasteiger partial charge is 0.489 e. The number of fused-ring (bicyclic) bond motifs is 1. The van der Waals surface area contributed by atoms with Gasteiger partial charge in [-0.15, -0.1) is 0 Å². The number of rotatable bonds is 4. The second-order valence-corrected chi connectivity index (χ2v) is 5.01. The fraction of sp³-hybridized carbons (Fsp3) is 0.235. The number of ether oxygens (including phenoxy) is 1. The summed E-state index contributed by atoms with van der Waals surface area (Å²) < 4.78 is 5.87. The van der Waals surface area contributed by atoms with Crippen LogP contribution in [0.1, 0.15) is 33.5 Å². The predicted molar refractivity (Wildman–Crippen MR) is 77.8 cm³/mol. The van der Waals surface area contributed by atoms with Crippen LogP contribution in [0.25, 0.3) is 0 Å². The molecular weight excluding hydrogens is 250 g/mol. The molecule has 2 aromatic rings. The van der Waals surface area contributed by atoms with Crippen LogP contribution in [-0.2, 0) is 19.6 Å². The normalized spacial score (nSPS) is 13.3. The molecule has 3 rings (SSSR count). The molecule has 0 bridgehead atoms. The fourth-order valence-corrected chi connectivity index (χ4v) is 2.53. The van der Waals surface area contributed by atoms with Crippen LogP contribution < -0.4 is 10.5 Å². The van der Waals surface area contributed by atoms with E-state index in [1.807, 2.05) is 42.5 Å². The van der Waals surface area contributed by atoms with Crippen molar-refractivity contribution in [2.45, 2.75) is 26.0 Å². The molecule has 0 radical (unpaired) electrons. The van der Waals surface area contributed by atoms with Crippen LogP contribution in [0.2, 0.25) is 0 Å². The van der Waals surface area contributed by atoms with Crippen molar-refractivity contribution >= 4 is 5.78 Å². The molecule has 3 nitrogen and oxygen atoms in total. The fourth-order valence-electron chi connectivity index (χ4n) is 2.53. The molecule has 1 aliphatic rings. The molecular formula is C17H17NO2. The third-order valence-electron chi connectivity index (χ3n) is 3.69. The zero-order valence-corrected chi connectivity index (χ0v) is 11.3. The van der Waals surface area contributed by atoms with Gasteiger partial charge in [0.1, 0.15) is 12.4 Å². The molecule has 0 heterocycles. The molecule has 0 saturated carbocycles. The molecule has 20 heavy (non-hydrogen) atoms. The third kappa shape index (κ3) is 2.45. The molecule has 0 aromatic heterocycles. The Hall–Kier alpha value is -2.13. The van der Waals surface area contributed by atoms with Crippen LogP contribution in [0.3, 0.4) is 0 Å². The highest BCUT2D eigenvalue weighted by atomic mass is 16.5. The zero-order valence-electron chi connectivity index (χ0n) is 11.3. The van der Waals surface area contributed by atoms with E-state index >= 15 is 0 Å². The van der Waals surface area contributed by atoms with E-state index in [4.69, 9.17) is 10.5 Å². The second kappa shape index (κ2) is 5.47. The standard InChI is InChI=1S/C17H17NO2/c18-10-12-4-6-13(7-5-12)11-20-17-3-1-2-14-15(17)8-9-16(14)19/h1-7H,8-11,18H2. The van der Waals surface area contributed by atoms with E-state index in [9.17, 15) is 4.79 Å². The summed E-state index contributed by atoms with van der Waals surface area (Å²) in [6, 6.07) is 13.8. The van der Waals surface area contributed by atoms with Crippen molar-refractivity contribution in [1.29, 1.82) is 0 Å². The van der Waals surface area contributed by atoms with E-state index in [1.54, 1.807) is 0 Å². The minimum atomic E-state index is 0.220. The van der Waals surface area contributed by atoms with Gasteiger partial charge in [0.2, 0.25) is 0 Å². The molecule has 0 unspecified atom stereocenters. The average molecular weight is 267 g/mol. The van der Waals surface area contributed by atoms with E-state index in [0.29, 0.717) is 19.6 Å². The third-order valence-corrected chi connectivity index (χ3v) is 3.69. The van der Waals surface area contributed by atoms with Crippen molar-refractivity contribution < 1.29 is 9.53 Å². The number of hydrogen-bond donors (Lipinski definition) is 1. The maximum atomic E-state index is 11.7. The minimum Gasteiger partial charge on any atom is -0.489 e. The SMILES string of the molecule is NCc1ccc(COc2cccc3c2CCC3=O)cc1. The lowest BCUT2D eigenvalue weighted by Crippen LogP contribution is -2.00. The first kappa shape index (κ1) is 12.9. The van der Waals surface area contributed by atoms with Gasteiger partial charge in [-0.2, -0.15) is 0 Å². The molecule has 0 fully saturated rings. The average Bonchev–Trinajstić information content (AvgIpc) is 2.88. The highest BCUT2D eigenvalue weighted by Crippen LogP contribution is 2.30. The van der Waals surface area contributed by atoms with Gasteiger partial charge >= 0.3 is 0 Å². The van der Waals surface area contributed by atoms with Crippen LogP contribution in [-0.4, -0.2) is 5.78 Å². The highest BCUT2D eigenvalue weighted by molar-refractivity contribution is 6.01. The lowest BCUT2D eigenvalue weighted by molar-refractivity contribution is 0.0994. The molecule has 2 N–H and O–H groups in total. The topological polar surface area (TPSA) is 52.3 Å². The van der Waals surface area contributed by atoms with Crippen LogP contribution in [0.5, 0.6) is 5.75 Å². The van der Waals surface area contributed by atoms with Gasteiger partial charge in [0.05, 0.1) is 0 Å². The van der Waals surface area contributed by atoms with Gasteiger partial charge in [0.15, 0.2) is 5.78 Å². The van der Waals surface area contributed by atoms with Gasteiger partial charge < -0.3 is 10.5 Å². The number of Topliss-reactive ketones (excluding diaryl/α,β-unsaturated/α-hetero) is 1. The minimum absolute atomic E-state index is 0.220. The summed E-state index contributed by atoms with van der Waals surface area (Å²) in [5.41, 5.74) is 9.66. The Morgan fingerprint density at radius 3 is 2.50 bits per heavy atom. The van der Waals surface area contributed by atoms with Crippen LogP contribution in [0.15, 0.2) is 42.5 Å². The number of nitrogens with two attached hydrogens (primary N) is 1. The smallest absolute Gasteiger partial charge is 0.163 e. The Morgan fingerprint density at radius 1 is 1.00 bits per heavy atom. The number of ketones is 1. The van der Waals surface area contributed by atoms with Crippen LogP contribution in [0.4, 0.5) is 0 Å². The summed E-state index contributed by atoms with van der Waals surface area (Å²) in [6.07, 6.45) is 1.39. The maximum Gasteiger partial charge on any atom is 0.163 e. The van der Waals surface area contributed by atoms with Crippen molar-refractivity contribution in [1.82, 2.24) is 0 Å². The molecule has 1 aliphatic carbocycles. The van der Waals surface area contributed by atoms with Crippen LogP contribution in [0, 0.1) is 0 Å². The number of carbonyl (C=O) groups excluding carboxylic acids is 1. The van der Waals surface area contributed by atoms with Gasteiger partial charge in [-0.1, -0.05) is 36.4 Å². The Bertz CT molecular complexity index is 632. The monoisotopic (exact) mass is 267 g/mol. The molecule has 3 heteroatoms. The molecule has 102 valence electrons. The van der Waals surface area contributed by atoms with Gasteiger partial charge in [-0.25, -0.2) is 0 Å². The lowest BCUT2D eigenvalue weighted by atomic mass is 10.1. The number of carbonyl (C=O) groups is 1. The Kier molecular flexibility index (Phi) is 3.52. The zero-order chi connectivity index (χ0) is 13.9. The van der Waals surface area contributed by atoms with E-state index in [1.165, 1.54) is 0 Å². The Labute approximate surface area is 118 Å². The van der Waals surface area contributed by atoms with Crippen molar-refractivity contribution in [3.63, 3.8) is 0 Å². The van der Waals surface area contributed by atoms with Gasteiger partial charge in [0.25, 0.3) is 0 Å². The summed E-state index contributed by atoms with van der Waals surface area (Å²) in [5, 5.41) is 0. The van der Waals surface area contributed by atoms with Crippen molar-refractivity contribution in [2.75, 3.05) is 0 Å². The molecule has 0 spiro atoms. The molecule has 0 atom stereocenters. The highest BCUT2D eigenvalue weighted by Gasteiger charge is 2.22. The van der Waals surface area contributed by atoms with E-state index < -0.39 is 0 Å². The summed E-state index contributed by atoms with van der Waals surface area (Å²) in [4.78, 5) is 11.7. The molecule has 2 aromatic carbocycles. The summed E-state index contributed by atoms with van der Waals surface area (Å²) in [6.45, 7) is 1.06. The first-order valence-electron chi connectivity index (χ1n) is 6.83. The predicted octanol–water partition coefficient (Wildman–Crippen LogP) is 2.85. The van der Waals surface area contributed by atoms with Gasteiger partial charge in [-0.05, 0) is 23.6 Å². The number of benzene rings is 2. The first-order chi connectivity index (χ1) is 9.78. The quantitative estimate of drug-likeness (QED) is 0.926. The molecule has 0 amide bonds. The van der Waals surface area contributed by atoms with Crippen molar-refractivity contribution in [3.8, 4) is 5.75 Å². The van der Waals surface area contributed by atoms with E-state index in [0.717, 1.165) is 34.4 Å². The summed E-state index contributed by atoms with van der Waals surface area (Å²) in [5.74, 6) is 1.05. The maximum absolute atomic E-state index is 11.7. The lowest BCUT2D eigenvalue weighted by Gasteiger charge is -2.10. The number of hydrogen-bond acceptors (Lipinski definition) is 3. The Morgan fingerprint density at radius 2 is 1.75 bits per heavy atom.